The number of benzene rings is 3. The number of carbonyl (C=O) groups excluding carboxylic acids is 4. The van der Waals surface area contributed by atoms with E-state index in [1.165, 1.54) is 29.2 Å². The average Bonchev–Trinajstić information content (AvgIpc) is 3.26. The lowest BCUT2D eigenvalue weighted by molar-refractivity contribution is -0.123. The second-order valence-electron chi connectivity index (χ2n) is 11.5. The first-order valence-corrected chi connectivity index (χ1v) is 14.2. The van der Waals surface area contributed by atoms with Gasteiger partial charge in [0.1, 0.15) is 0 Å². The number of hydrogen-bond donors (Lipinski definition) is 2. The van der Waals surface area contributed by atoms with Gasteiger partial charge < -0.3 is 10.4 Å². The summed E-state index contributed by atoms with van der Waals surface area (Å²) in [5.74, 6) is -5.28. The third kappa shape index (κ3) is 4.24. The maximum atomic E-state index is 14.6. The number of aromatic hydroxyl groups is 1. The second kappa shape index (κ2) is 10.0. The quantitative estimate of drug-likeness (QED) is 0.228. The number of ketones is 2. The van der Waals surface area contributed by atoms with Gasteiger partial charge in [0.2, 0.25) is 11.8 Å². The molecular formula is C35H27FN2O5. The lowest BCUT2D eigenvalue weighted by atomic mass is 9.59. The molecule has 1 fully saturated rings. The fourth-order valence-electron chi connectivity index (χ4n) is 7.10. The van der Waals surface area contributed by atoms with Crippen LogP contribution in [0.25, 0.3) is 0 Å². The third-order valence-corrected chi connectivity index (χ3v) is 9.06. The molecular weight excluding hydrogens is 547 g/mol. The summed E-state index contributed by atoms with van der Waals surface area (Å²) in [6.45, 7) is 1.58. The highest BCUT2D eigenvalue weighted by Gasteiger charge is 2.56. The summed E-state index contributed by atoms with van der Waals surface area (Å²) in [6.07, 6.45) is 3.61. The second-order valence-corrected chi connectivity index (χ2v) is 11.5. The van der Waals surface area contributed by atoms with E-state index in [1.807, 2.05) is 48.5 Å². The molecule has 7 nitrogen and oxygen atoms in total. The van der Waals surface area contributed by atoms with Crippen molar-refractivity contribution in [3.63, 3.8) is 0 Å². The Balaban J connectivity index is 1.25. The number of para-hydroxylation sites is 1. The molecule has 43 heavy (non-hydrogen) atoms. The minimum absolute atomic E-state index is 0.141. The molecule has 3 aromatic carbocycles. The number of hydrogen-bond acceptors (Lipinski definition) is 6. The Morgan fingerprint density at radius 2 is 1.60 bits per heavy atom. The normalized spacial score (nSPS) is 24.7. The topological polar surface area (TPSA) is 104 Å². The number of nitrogens with one attached hydrogen (secondary N) is 1. The van der Waals surface area contributed by atoms with Crippen molar-refractivity contribution >= 4 is 40.4 Å². The first-order chi connectivity index (χ1) is 20.7. The van der Waals surface area contributed by atoms with Gasteiger partial charge in [-0.25, -0.2) is 4.39 Å². The van der Waals surface area contributed by atoms with Crippen molar-refractivity contribution in [3.8, 4) is 5.75 Å². The van der Waals surface area contributed by atoms with E-state index in [9.17, 15) is 28.7 Å². The summed E-state index contributed by atoms with van der Waals surface area (Å²) >= 11 is 0. The fourth-order valence-corrected chi connectivity index (χ4v) is 7.10. The minimum Gasteiger partial charge on any atom is -0.505 e. The average molecular weight is 575 g/mol. The van der Waals surface area contributed by atoms with Crippen molar-refractivity contribution in [3.05, 3.63) is 119 Å². The molecule has 214 valence electrons. The summed E-state index contributed by atoms with van der Waals surface area (Å²) in [7, 11) is 0. The number of rotatable bonds is 4. The Kier molecular flexibility index (Phi) is 6.23. The molecule has 1 aliphatic heterocycles. The zero-order valence-corrected chi connectivity index (χ0v) is 23.2. The number of allylic oxidation sites excluding steroid dienone is 6. The summed E-state index contributed by atoms with van der Waals surface area (Å²) in [4.78, 5) is 55.8. The van der Waals surface area contributed by atoms with Gasteiger partial charge in [0.15, 0.2) is 23.1 Å². The molecule has 2 N–H and O–H groups in total. The van der Waals surface area contributed by atoms with Gasteiger partial charge >= 0.3 is 0 Å². The Labute approximate surface area is 247 Å². The third-order valence-electron chi connectivity index (χ3n) is 9.06. The van der Waals surface area contributed by atoms with E-state index in [0.29, 0.717) is 22.4 Å². The van der Waals surface area contributed by atoms with Crippen LogP contribution in [-0.2, 0) is 19.2 Å². The molecule has 2 amide bonds. The van der Waals surface area contributed by atoms with Crippen LogP contribution in [0.15, 0.2) is 107 Å². The van der Waals surface area contributed by atoms with Crippen molar-refractivity contribution in [1.29, 1.82) is 0 Å². The van der Waals surface area contributed by atoms with Gasteiger partial charge in [-0.1, -0.05) is 35.9 Å². The molecule has 3 aliphatic carbocycles. The predicted molar refractivity (Wildman–Crippen MR) is 158 cm³/mol. The number of phenolic OH excluding ortho intramolecular Hbond substituents is 1. The van der Waals surface area contributed by atoms with Crippen LogP contribution < -0.4 is 10.2 Å². The van der Waals surface area contributed by atoms with E-state index in [-0.39, 0.29) is 41.8 Å². The van der Waals surface area contributed by atoms with Crippen LogP contribution in [0, 0.1) is 23.6 Å². The number of halogens is 1. The zero-order valence-electron chi connectivity index (χ0n) is 23.2. The molecule has 0 spiro atoms. The predicted octanol–water partition coefficient (Wildman–Crippen LogP) is 5.91. The summed E-state index contributed by atoms with van der Waals surface area (Å²) < 4.78 is 14.6. The molecule has 1 saturated heterocycles. The highest BCUT2D eigenvalue weighted by atomic mass is 19.1. The maximum Gasteiger partial charge on any atom is 0.238 e. The standard InChI is InChI=1S/C35H27FN2O5/c1-18-15-29(40)32-26(33(18)41)17-25-23(30(32)19-7-14-28(39)27(36)16-19)12-13-24-31(25)35(43)38(34(24)42)22-10-8-21(9-11-22)37-20-5-3-2-4-6-20/h2-12,14-16,24-25,30-31,37,39H,13,17H2,1H3. The van der Waals surface area contributed by atoms with Crippen molar-refractivity contribution in [1.82, 2.24) is 0 Å². The Hall–Kier alpha value is -5.11. The number of nitrogens with zero attached hydrogens (tertiary/aromatic N) is 1. The number of phenols is 1. The lowest BCUT2D eigenvalue weighted by Crippen LogP contribution is -2.39. The Bertz CT molecular complexity index is 1820. The molecule has 4 unspecified atom stereocenters. The molecule has 0 bridgehead atoms. The van der Waals surface area contributed by atoms with Gasteiger partial charge in [-0.05, 0) is 85.9 Å². The van der Waals surface area contributed by atoms with E-state index in [2.05, 4.69) is 5.32 Å². The molecule has 8 heteroatoms. The Morgan fingerprint density at radius 1 is 0.884 bits per heavy atom. The van der Waals surface area contributed by atoms with Crippen molar-refractivity contribution < 1.29 is 28.7 Å². The van der Waals surface area contributed by atoms with E-state index in [1.54, 1.807) is 19.1 Å². The van der Waals surface area contributed by atoms with Crippen LogP contribution in [0.5, 0.6) is 5.75 Å². The lowest BCUT2D eigenvalue weighted by Gasteiger charge is -2.42. The molecule has 0 radical (unpaired) electrons. The van der Waals surface area contributed by atoms with Crippen LogP contribution in [0.3, 0.4) is 0 Å². The molecule has 1 heterocycles. The number of imide groups is 1. The van der Waals surface area contributed by atoms with Crippen LogP contribution in [-0.4, -0.2) is 28.5 Å². The largest absolute Gasteiger partial charge is 0.505 e. The van der Waals surface area contributed by atoms with Gasteiger partial charge in [-0.2, -0.15) is 0 Å². The first kappa shape index (κ1) is 26.8. The highest BCUT2D eigenvalue weighted by Crippen LogP contribution is 2.55. The number of anilines is 3. The van der Waals surface area contributed by atoms with Crippen molar-refractivity contribution in [2.75, 3.05) is 10.2 Å². The first-order valence-electron chi connectivity index (χ1n) is 14.2. The number of fused-ring (bicyclic) bond motifs is 3. The molecule has 4 atom stereocenters. The van der Waals surface area contributed by atoms with Gasteiger partial charge in [0.25, 0.3) is 0 Å². The van der Waals surface area contributed by atoms with Crippen LogP contribution in [0.4, 0.5) is 21.5 Å². The number of Topliss-reactive ketones (excluding diaryl/α,β-unsaturated/α-hetero) is 1. The Morgan fingerprint density at radius 3 is 2.33 bits per heavy atom. The van der Waals surface area contributed by atoms with Crippen LogP contribution in [0.1, 0.15) is 31.2 Å². The zero-order chi connectivity index (χ0) is 30.0. The smallest absolute Gasteiger partial charge is 0.238 e. The van der Waals surface area contributed by atoms with Crippen LogP contribution in [0.2, 0.25) is 0 Å². The molecule has 4 aliphatic rings. The molecule has 3 aromatic rings. The van der Waals surface area contributed by atoms with Crippen molar-refractivity contribution in [2.45, 2.75) is 25.7 Å². The summed E-state index contributed by atoms with van der Waals surface area (Å²) in [5.41, 5.74) is 4.18. The fraction of sp³-hybridized carbons (Fsp3) is 0.200. The van der Waals surface area contributed by atoms with E-state index >= 15 is 0 Å². The monoisotopic (exact) mass is 574 g/mol. The SMILES string of the molecule is CC1=CC(=O)C2=C(CC3C(=CCC4C(=O)N(c5ccc(Nc6ccccc6)cc5)C(=O)C43)C2c2ccc(O)c(F)c2)C1=O. The van der Waals surface area contributed by atoms with E-state index in [0.717, 1.165) is 16.9 Å². The van der Waals surface area contributed by atoms with Gasteiger partial charge in [-0.15, -0.1) is 0 Å². The molecule has 0 saturated carbocycles. The van der Waals surface area contributed by atoms with Gasteiger partial charge in [0.05, 0.1) is 17.5 Å². The number of carbonyl (C=O) groups is 4. The highest BCUT2D eigenvalue weighted by molar-refractivity contribution is 6.25. The van der Waals surface area contributed by atoms with E-state index in [4.69, 9.17) is 0 Å². The molecule has 0 aromatic heterocycles. The molecule has 7 rings (SSSR count). The number of amides is 2. The van der Waals surface area contributed by atoms with Crippen molar-refractivity contribution in [2.24, 2.45) is 17.8 Å². The maximum absolute atomic E-state index is 14.6. The minimum atomic E-state index is -0.846. The van der Waals surface area contributed by atoms with Gasteiger partial charge in [0, 0.05) is 34.0 Å². The van der Waals surface area contributed by atoms with Crippen LogP contribution >= 0.6 is 0 Å². The summed E-state index contributed by atoms with van der Waals surface area (Å²) in [6, 6.07) is 20.6. The van der Waals surface area contributed by atoms with Gasteiger partial charge in [-0.3, -0.25) is 24.1 Å². The van der Waals surface area contributed by atoms with E-state index < -0.39 is 35.2 Å². The summed E-state index contributed by atoms with van der Waals surface area (Å²) in [5, 5.41) is 13.1.